The molecule has 32 heavy (non-hydrogen) atoms. The first-order valence-corrected chi connectivity index (χ1v) is 10.2. The number of aromatic nitrogens is 5. The van der Waals surface area contributed by atoms with Crippen LogP contribution in [0, 0.1) is 11.7 Å². The third-order valence-electron chi connectivity index (χ3n) is 5.73. The Bertz CT molecular complexity index is 1330. The lowest BCUT2D eigenvalue weighted by atomic mass is 10.0. The summed E-state index contributed by atoms with van der Waals surface area (Å²) in [7, 11) is 3.02. The summed E-state index contributed by atoms with van der Waals surface area (Å²) in [6.07, 6.45) is 4.42. The Labute approximate surface area is 182 Å². The van der Waals surface area contributed by atoms with Gasteiger partial charge in [-0.05, 0) is 19.1 Å². The van der Waals surface area contributed by atoms with Gasteiger partial charge >= 0.3 is 0 Å². The Hall–Kier alpha value is -3.73. The number of amides is 1. The number of halogens is 1. The van der Waals surface area contributed by atoms with Crippen molar-refractivity contribution in [2.45, 2.75) is 13.0 Å². The Kier molecular flexibility index (Phi) is 4.89. The smallest absolute Gasteiger partial charge is 0.269 e. The van der Waals surface area contributed by atoms with Crippen molar-refractivity contribution in [2.24, 2.45) is 5.92 Å². The molecule has 10 nitrogen and oxygen atoms in total. The molecule has 5 rings (SSSR count). The largest absolute Gasteiger partial charge is 0.479 e. The molecule has 2 N–H and O–H groups in total. The number of hydrogen-bond acceptors (Lipinski definition) is 7. The molecule has 1 aliphatic heterocycles. The van der Waals surface area contributed by atoms with E-state index in [0.717, 1.165) is 0 Å². The first-order valence-electron chi connectivity index (χ1n) is 10.2. The van der Waals surface area contributed by atoms with E-state index in [4.69, 9.17) is 9.47 Å². The highest BCUT2D eigenvalue weighted by atomic mass is 19.1. The van der Waals surface area contributed by atoms with Crippen LogP contribution in [-0.2, 0) is 4.74 Å². The van der Waals surface area contributed by atoms with E-state index >= 15 is 4.39 Å². The molecule has 1 fully saturated rings. The van der Waals surface area contributed by atoms with Crippen LogP contribution in [0.5, 0.6) is 5.88 Å². The van der Waals surface area contributed by atoms with Crippen molar-refractivity contribution < 1.29 is 18.7 Å². The van der Waals surface area contributed by atoms with E-state index in [2.05, 4.69) is 25.7 Å². The Morgan fingerprint density at radius 1 is 1.34 bits per heavy atom. The van der Waals surface area contributed by atoms with Crippen molar-refractivity contribution in [1.29, 1.82) is 0 Å². The van der Waals surface area contributed by atoms with E-state index in [1.54, 1.807) is 29.8 Å². The van der Waals surface area contributed by atoms with Crippen molar-refractivity contribution in [3.63, 3.8) is 0 Å². The van der Waals surface area contributed by atoms with Crippen molar-refractivity contribution in [2.75, 3.05) is 32.7 Å². The van der Waals surface area contributed by atoms with Gasteiger partial charge in [-0.15, -0.1) is 5.10 Å². The lowest BCUT2D eigenvalue weighted by Gasteiger charge is -2.31. The lowest BCUT2D eigenvalue weighted by Crippen LogP contribution is -2.40. The van der Waals surface area contributed by atoms with Crippen LogP contribution in [0.3, 0.4) is 0 Å². The molecule has 0 bridgehead atoms. The normalized spacial score (nSPS) is 15.0. The first kappa shape index (κ1) is 20.2. The fraction of sp³-hybridized carbons (Fsp3) is 0.333. The summed E-state index contributed by atoms with van der Waals surface area (Å²) in [5, 5.41) is 10.3. The zero-order valence-electron chi connectivity index (χ0n) is 17.8. The predicted molar refractivity (Wildman–Crippen MR) is 114 cm³/mol. The standard InChI is InChI=1S/C21H22FN7O3/c1-11(13-9-32-10-13)25-21-26-20(31-3)18-17(14(22)8-29(18)27-21)12-4-5-16-24-6-15(19(30)23-2)28(16)7-12/h4-8,11,13H,9-10H2,1-3H3,(H,23,30)(H,25,27)/t11-/m1/s1. The molecule has 0 saturated carbocycles. The number of carbonyl (C=O) groups is 1. The molecule has 0 unspecified atom stereocenters. The van der Waals surface area contributed by atoms with Gasteiger partial charge in [0.25, 0.3) is 5.91 Å². The molecule has 5 heterocycles. The number of rotatable bonds is 6. The monoisotopic (exact) mass is 439 g/mol. The number of pyridine rings is 1. The summed E-state index contributed by atoms with van der Waals surface area (Å²) in [6.45, 7) is 3.40. The summed E-state index contributed by atoms with van der Waals surface area (Å²) in [6, 6.07) is 3.55. The summed E-state index contributed by atoms with van der Waals surface area (Å²) >= 11 is 0. The van der Waals surface area contributed by atoms with Gasteiger partial charge < -0.3 is 20.1 Å². The quantitative estimate of drug-likeness (QED) is 0.473. The van der Waals surface area contributed by atoms with Crippen LogP contribution < -0.4 is 15.4 Å². The highest BCUT2D eigenvalue weighted by Gasteiger charge is 2.27. The van der Waals surface area contributed by atoms with Gasteiger partial charge in [0, 0.05) is 30.8 Å². The second kappa shape index (κ2) is 7.75. The fourth-order valence-corrected chi connectivity index (χ4v) is 3.79. The van der Waals surface area contributed by atoms with Crippen LogP contribution in [0.2, 0.25) is 0 Å². The van der Waals surface area contributed by atoms with Gasteiger partial charge in [-0.2, -0.15) is 4.98 Å². The van der Waals surface area contributed by atoms with Crippen LogP contribution in [0.25, 0.3) is 22.3 Å². The van der Waals surface area contributed by atoms with Gasteiger partial charge in [0.2, 0.25) is 11.8 Å². The highest BCUT2D eigenvalue weighted by Crippen LogP contribution is 2.34. The van der Waals surface area contributed by atoms with Crippen LogP contribution in [0.1, 0.15) is 17.4 Å². The van der Waals surface area contributed by atoms with E-state index < -0.39 is 5.82 Å². The molecule has 0 aliphatic carbocycles. The van der Waals surface area contributed by atoms with Crippen molar-refractivity contribution in [3.05, 3.63) is 42.2 Å². The number of hydrogen-bond donors (Lipinski definition) is 2. The fourth-order valence-electron chi connectivity index (χ4n) is 3.79. The Balaban J connectivity index is 1.61. The number of nitrogens with one attached hydrogen (secondary N) is 2. The van der Waals surface area contributed by atoms with E-state index in [9.17, 15) is 4.79 Å². The molecule has 1 aliphatic rings. The topological polar surface area (TPSA) is 107 Å². The minimum Gasteiger partial charge on any atom is -0.479 e. The molecule has 1 amide bonds. The van der Waals surface area contributed by atoms with Gasteiger partial charge in [-0.25, -0.2) is 13.9 Å². The van der Waals surface area contributed by atoms with E-state index in [-0.39, 0.29) is 23.4 Å². The van der Waals surface area contributed by atoms with Crippen molar-refractivity contribution >= 4 is 23.0 Å². The number of nitrogens with zero attached hydrogens (tertiary/aromatic N) is 5. The maximum Gasteiger partial charge on any atom is 0.269 e. The predicted octanol–water partition coefficient (Wildman–Crippen LogP) is 2.00. The van der Waals surface area contributed by atoms with Crippen molar-refractivity contribution in [3.8, 4) is 17.0 Å². The van der Waals surface area contributed by atoms with E-state index in [1.165, 1.54) is 24.0 Å². The van der Waals surface area contributed by atoms with Crippen molar-refractivity contribution in [1.82, 2.24) is 29.3 Å². The number of ether oxygens (including phenoxy) is 2. The van der Waals surface area contributed by atoms with Gasteiger partial charge in [0.1, 0.15) is 16.9 Å². The molecular weight excluding hydrogens is 417 g/mol. The number of fused-ring (bicyclic) bond motifs is 2. The molecule has 166 valence electrons. The third kappa shape index (κ3) is 3.21. The number of imidazole rings is 1. The van der Waals surface area contributed by atoms with Crippen LogP contribution in [0.4, 0.5) is 10.3 Å². The van der Waals surface area contributed by atoms with Gasteiger partial charge in [0.05, 0.1) is 38.3 Å². The zero-order valence-corrected chi connectivity index (χ0v) is 17.8. The Morgan fingerprint density at radius 3 is 2.84 bits per heavy atom. The molecule has 0 aromatic carbocycles. The lowest BCUT2D eigenvalue weighted by molar-refractivity contribution is -0.0380. The summed E-state index contributed by atoms with van der Waals surface area (Å²) in [5.41, 5.74) is 2.10. The zero-order chi connectivity index (χ0) is 22.4. The molecule has 0 radical (unpaired) electrons. The molecule has 1 atom stereocenters. The summed E-state index contributed by atoms with van der Waals surface area (Å²) < 4.78 is 28.9. The van der Waals surface area contributed by atoms with Gasteiger partial charge in [-0.3, -0.25) is 9.20 Å². The molecule has 4 aromatic heterocycles. The minimum absolute atomic E-state index is 0.0950. The SMILES string of the molecule is CNC(=O)c1cnc2ccc(-c3c(F)cn4nc(N[C@H](C)C5COC5)nc(OC)c34)cn12. The van der Waals surface area contributed by atoms with Crippen LogP contribution in [0.15, 0.2) is 30.7 Å². The van der Waals surface area contributed by atoms with E-state index in [0.29, 0.717) is 47.5 Å². The first-order chi connectivity index (χ1) is 15.5. The van der Waals surface area contributed by atoms with Crippen LogP contribution in [-0.4, -0.2) is 63.3 Å². The second-order valence-corrected chi connectivity index (χ2v) is 7.69. The molecular formula is C21H22FN7O3. The molecule has 1 saturated heterocycles. The average Bonchev–Trinajstić information content (AvgIpc) is 3.30. The average molecular weight is 439 g/mol. The Morgan fingerprint density at radius 2 is 2.16 bits per heavy atom. The molecule has 11 heteroatoms. The maximum absolute atomic E-state index is 15.2. The third-order valence-corrected chi connectivity index (χ3v) is 5.73. The van der Waals surface area contributed by atoms with Gasteiger partial charge in [-0.1, -0.05) is 0 Å². The number of methoxy groups -OCH3 is 1. The second-order valence-electron chi connectivity index (χ2n) is 7.69. The summed E-state index contributed by atoms with van der Waals surface area (Å²) in [4.78, 5) is 20.8. The van der Waals surface area contributed by atoms with E-state index in [1.807, 2.05) is 6.92 Å². The minimum atomic E-state index is -0.490. The number of anilines is 1. The number of carbonyl (C=O) groups excluding carboxylic acids is 1. The van der Waals surface area contributed by atoms with Gasteiger partial charge in [0.15, 0.2) is 5.82 Å². The highest BCUT2D eigenvalue weighted by molar-refractivity contribution is 5.93. The molecule has 0 spiro atoms. The molecule has 4 aromatic rings. The summed E-state index contributed by atoms with van der Waals surface area (Å²) in [5.74, 6) is 0.155. The maximum atomic E-state index is 15.2. The van der Waals surface area contributed by atoms with Crippen LogP contribution >= 0.6 is 0 Å².